The highest BCUT2D eigenvalue weighted by atomic mass is 19.4. The molecule has 252 valence electrons. The van der Waals surface area contributed by atoms with Crippen molar-refractivity contribution in [2.24, 2.45) is 0 Å². The lowest BCUT2D eigenvalue weighted by Gasteiger charge is -2.31. The Kier molecular flexibility index (Phi) is 11.2. The van der Waals surface area contributed by atoms with E-state index >= 15 is 0 Å². The second-order valence-corrected chi connectivity index (χ2v) is 11.9. The van der Waals surface area contributed by atoms with Crippen LogP contribution < -0.4 is 15.4 Å². The number of alkyl halides is 8. The molecule has 2 rings (SSSR count). The van der Waals surface area contributed by atoms with E-state index in [0.717, 1.165) is 41.4 Å². The Bertz CT molecular complexity index is 1380. The number of rotatable bonds is 14. The van der Waals surface area contributed by atoms with Crippen LogP contribution in [0.2, 0.25) is 0 Å². The Morgan fingerprint density at radius 3 is 1.91 bits per heavy atom. The molecule has 0 saturated heterocycles. The Morgan fingerprint density at radius 1 is 0.844 bits per heavy atom. The van der Waals surface area contributed by atoms with Crippen molar-refractivity contribution in [2.45, 2.75) is 109 Å². The average Bonchev–Trinajstić information content (AvgIpc) is 2.96. The van der Waals surface area contributed by atoms with E-state index < -0.39 is 53.5 Å². The van der Waals surface area contributed by atoms with Crippen molar-refractivity contribution < 1.29 is 54.6 Å². The first-order valence-electron chi connectivity index (χ1n) is 14.2. The fraction of sp³-hybridized carbons (Fsp3) is 0.548. The van der Waals surface area contributed by atoms with Crippen molar-refractivity contribution in [2.75, 3.05) is 10.6 Å². The molecule has 0 heterocycles. The van der Waals surface area contributed by atoms with Crippen LogP contribution in [0, 0.1) is 0 Å². The summed E-state index contributed by atoms with van der Waals surface area (Å²) in [6, 6.07) is 8.24. The van der Waals surface area contributed by atoms with Crippen molar-refractivity contribution in [1.82, 2.24) is 0 Å². The highest BCUT2D eigenvalue weighted by Gasteiger charge is 2.78. The molecule has 2 aromatic rings. The average molecular weight is 655 g/mol. The minimum Gasteiger partial charge on any atom is -0.506 e. The van der Waals surface area contributed by atoms with Crippen LogP contribution in [0.5, 0.6) is 11.5 Å². The normalized spacial score (nSPS) is 13.9. The summed E-state index contributed by atoms with van der Waals surface area (Å²) < 4.78 is 112. The van der Waals surface area contributed by atoms with Crippen molar-refractivity contribution in [1.29, 1.82) is 0 Å². The number of amides is 2. The molecule has 0 aromatic heterocycles. The maximum atomic E-state index is 13.9. The van der Waals surface area contributed by atoms with Crippen LogP contribution in [-0.4, -0.2) is 47.2 Å². The molecule has 2 aromatic carbocycles. The second-order valence-electron chi connectivity index (χ2n) is 11.9. The van der Waals surface area contributed by atoms with Gasteiger partial charge >= 0.3 is 30.1 Å². The number of phenols is 1. The standard InChI is InChI=1S/C31H38F8N2O4/c1-8-22(45-23-14-11-17(27(4,5)9-2)15-19(23)28(6,7)10-3)24(43)40-18-12-13-20(21(42)16-18)41-26(44)30(36,37)31(38,39)29(34,35)25(32)33/h11-16,22,25,42H,8-10H2,1-7H3,(H,40,43)(H,41,44). The number of hydrogen-bond acceptors (Lipinski definition) is 4. The van der Waals surface area contributed by atoms with Gasteiger partial charge in [-0.25, -0.2) is 8.78 Å². The zero-order chi connectivity index (χ0) is 34.8. The van der Waals surface area contributed by atoms with Crippen molar-refractivity contribution in [3.05, 3.63) is 47.5 Å². The highest BCUT2D eigenvalue weighted by molar-refractivity contribution is 5.99. The van der Waals surface area contributed by atoms with E-state index in [2.05, 4.69) is 32.2 Å². The van der Waals surface area contributed by atoms with Gasteiger partial charge in [0.1, 0.15) is 11.5 Å². The zero-order valence-corrected chi connectivity index (χ0v) is 25.9. The number of carbonyl (C=O) groups excluding carboxylic acids is 2. The summed E-state index contributed by atoms with van der Waals surface area (Å²) in [5.41, 5.74) is 0.484. The van der Waals surface area contributed by atoms with E-state index in [0.29, 0.717) is 11.8 Å². The number of halogens is 8. The van der Waals surface area contributed by atoms with Crippen molar-refractivity contribution in [3.63, 3.8) is 0 Å². The first-order valence-corrected chi connectivity index (χ1v) is 14.2. The van der Waals surface area contributed by atoms with Gasteiger partial charge in [-0.1, -0.05) is 60.6 Å². The molecular weight excluding hydrogens is 616 g/mol. The number of anilines is 2. The van der Waals surface area contributed by atoms with Gasteiger partial charge in [-0.05, 0) is 53.9 Å². The van der Waals surface area contributed by atoms with Crippen molar-refractivity contribution >= 4 is 23.2 Å². The van der Waals surface area contributed by atoms with Crippen LogP contribution in [0.3, 0.4) is 0 Å². The summed E-state index contributed by atoms with van der Waals surface area (Å²) in [5.74, 6) is -23.9. The van der Waals surface area contributed by atoms with Gasteiger partial charge in [0, 0.05) is 17.3 Å². The molecule has 3 N–H and O–H groups in total. The van der Waals surface area contributed by atoms with Crippen LogP contribution in [0.1, 0.15) is 78.9 Å². The van der Waals surface area contributed by atoms with E-state index in [1.54, 1.807) is 13.0 Å². The molecule has 0 aliphatic heterocycles. The van der Waals surface area contributed by atoms with Gasteiger partial charge in [-0.3, -0.25) is 9.59 Å². The van der Waals surface area contributed by atoms with E-state index in [1.165, 1.54) is 0 Å². The molecule has 0 aliphatic carbocycles. The van der Waals surface area contributed by atoms with Crippen LogP contribution >= 0.6 is 0 Å². The summed E-state index contributed by atoms with van der Waals surface area (Å²) in [6.45, 7) is 14.1. The summed E-state index contributed by atoms with van der Waals surface area (Å²) >= 11 is 0. The Labute approximate surface area is 256 Å². The third-order valence-corrected chi connectivity index (χ3v) is 8.08. The molecule has 1 unspecified atom stereocenters. The molecule has 0 spiro atoms. The fourth-order valence-electron chi connectivity index (χ4n) is 4.08. The lowest BCUT2D eigenvalue weighted by Crippen LogP contribution is -2.61. The largest absolute Gasteiger partial charge is 0.506 e. The predicted molar refractivity (Wildman–Crippen MR) is 154 cm³/mol. The number of nitrogens with one attached hydrogen (secondary N) is 2. The van der Waals surface area contributed by atoms with Gasteiger partial charge < -0.3 is 20.5 Å². The molecule has 45 heavy (non-hydrogen) atoms. The van der Waals surface area contributed by atoms with Gasteiger partial charge in [0.05, 0.1) is 5.69 Å². The van der Waals surface area contributed by atoms with E-state index in [9.17, 15) is 49.8 Å². The monoisotopic (exact) mass is 654 g/mol. The topological polar surface area (TPSA) is 87.7 Å². The quantitative estimate of drug-likeness (QED) is 0.141. The summed E-state index contributed by atoms with van der Waals surface area (Å²) in [7, 11) is 0. The molecule has 2 amide bonds. The van der Waals surface area contributed by atoms with Crippen LogP contribution in [0.4, 0.5) is 46.5 Å². The second kappa shape index (κ2) is 13.4. The Hall–Kier alpha value is -3.58. The first kappa shape index (κ1) is 37.6. The van der Waals surface area contributed by atoms with E-state index in [-0.39, 0.29) is 22.9 Å². The summed E-state index contributed by atoms with van der Waals surface area (Å²) in [4.78, 5) is 24.9. The Balaban J connectivity index is 2.28. The third-order valence-electron chi connectivity index (χ3n) is 8.08. The van der Waals surface area contributed by atoms with Gasteiger partial charge in [-0.15, -0.1) is 0 Å². The fourth-order valence-corrected chi connectivity index (χ4v) is 4.08. The molecule has 6 nitrogen and oxygen atoms in total. The van der Waals surface area contributed by atoms with Gasteiger partial charge in [0.2, 0.25) is 0 Å². The van der Waals surface area contributed by atoms with Gasteiger partial charge in [0.15, 0.2) is 6.10 Å². The van der Waals surface area contributed by atoms with Gasteiger partial charge in [0.25, 0.3) is 5.91 Å². The smallest absolute Gasteiger partial charge is 0.393 e. The lowest BCUT2D eigenvalue weighted by molar-refractivity contribution is -0.326. The van der Waals surface area contributed by atoms with Crippen LogP contribution in [0.15, 0.2) is 36.4 Å². The zero-order valence-electron chi connectivity index (χ0n) is 25.9. The highest BCUT2D eigenvalue weighted by Crippen LogP contribution is 2.49. The van der Waals surface area contributed by atoms with Gasteiger partial charge in [-0.2, -0.15) is 26.3 Å². The number of benzene rings is 2. The van der Waals surface area contributed by atoms with E-state index in [4.69, 9.17) is 4.74 Å². The maximum absolute atomic E-state index is 13.9. The number of hydrogen-bond donors (Lipinski definition) is 3. The molecule has 0 bridgehead atoms. The molecule has 1 atom stereocenters. The molecule has 14 heteroatoms. The minimum absolute atomic E-state index is 0.111. The number of phenolic OH excluding ortho intramolecular Hbond substituents is 1. The number of ether oxygens (including phenoxy) is 1. The van der Waals surface area contributed by atoms with Crippen LogP contribution in [-0.2, 0) is 20.4 Å². The first-order chi connectivity index (χ1) is 20.5. The number of aromatic hydroxyl groups is 1. The molecular formula is C31H38F8N2O4. The molecule has 0 radical (unpaired) electrons. The van der Waals surface area contributed by atoms with E-state index in [1.807, 2.05) is 26.8 Å². The molecule has 0 fully saturated rings. The third kappa shape index (κ3) is 7.63. The number of carbonyl (C=O) groups is 2. The van der Waals surface area contributed by atoms with Crippen LogP contribution in [0.25, 0.3) is 0 Å². The molecule has 0 saturated carbocycles. The Morgan fingerprint density at radius 2 is 1.42 bits per heavy atom. The summed E-state index contributed by atoms with van der Waals surface area (Å²) in [6.07, 6.45) is -4.39. The minimum atomic E-state index is -6.77. The summed E-state index contributed by atoms with van der Waals surface area (Å²) in [5, 5.41) is 13.7. The molecule has 0 aliphatic rings. The van der Waals surface area contributed by atoms with Crippen molar-refractivity contribution in [3.8, 4) is 11.5 Å². The predicted octanol–water partition coefficient (Wildman–Crippen LogP) is 8.67. The maximum Gasteiger partial charge on any atom is 0.393 e. The SMILES string of the molecule is CCC(Oc1ccc(C(C)(C)CC)cc1C(C)(C)CC)C(=O)Nc1ccc(NC(=O)C(F)(F)C(F)(F)C(F)(F)C(F)F)c(O)c1. The lowest BCUT2D eigenvalue weighted by atomic mass is 9.76.